The summed E-state index contributed by atoms with van der Waals surface area (Å²) >= 11 is 6.14. The highest BCUT2D eigenvalue weighted by Crippen LogP contribution is 2.19. The van der Waals surface area contributed by atoms with Crippen LogP contribution in [-0.2, 0) is 14.3 Å². The van der Waals surface area contributed by atoms with Gasteiger partial charge in [-0.3, -0.25) is 15.0 Å². The molecule has 0 aromatic rings. The van der Waals surface area contributed by atoms with Crippen molar-refractivity contribution in [3.63, 3.8) is 0 Å². The molecule has 0 heterocycles. The maximum atomic E-state index is 12.2. The van der Waals surface area contributed by atoms with Crippen LogP contribution in [0, 0.1) is 0 Å². The van der Waals surface area contributed by atoms with Crippen LogP contribution in [0.25, 0.3) is 0 Å². The number of ketones is 1. The molecule has 0 aromatic carbocycles. The maximum absolute atomic E-state index is 12.2. The van der Waals surface area contributed by atoms with Gasteiger partial charge in [0.2, 0.25) is 0 Å². The molecule has 5 nitrogen and oxygen atoms in total. The van der Waals surface area contributed by atoms with E-state index in [1.807, 2.05) is 6.21 Å². The van der Waals surface area contributed by atoms with Gasteiger partial charge in [0.1, 0.15) is 6.10 Å². The van der Waals surface area contributed by atoms with Gasteiger partial charge in [-0.2, -0.15) is 5.10 Å². The van der Waals surface area contributed by atoms with E-state index < -0.39 is 6.10 Å². The quantitative estimate of drug-likeness (QED) is 0.146. The van der Waals surface area contributed by atoms with Gasteiger partial charge in [0.25, 0.3) is 0 Å². The van der Waals surface area contributed by atoms with Crippen LogP contribution in [0.4, 0.5) is 0 Å². The van der Waals surface area contributed by atoms with Crippen molar-refractivity contribution < 1.29 is 14.3 Å². The molecule has 0 saturated heterocycles. The molecule has 148 valence electrons. The lowest BCUT2D eigenvalue weighted by molar-refractivity contribution is -0.146. The van der Waals surface area contributed by atoms with Crippen LogP contribution >= 0.6 is 11.6 Å². The van der Waals surface area contributed by atoms with E-state index >= 15 is 0 Å². The number of hydrazone groups is 1. The molecular formula is C20H33ClN2O3. The van der Waals surface area contributed by atoms with Crippen molar-refractivity contribution in [2.24, 2.45) is 5.10 Å². The fourth-order valence-electron chi connectivity index (χ4n) is 2.05. The molecule has 6 heteroatoms. The van der Waals surface area contributed by atoms with Crippen LogP contribution < -0.4 is 5.43 Å². The van der Waals surface area contributed by atoms with E-state index in [-0.39, 0.29) is 16.8 Å². The smallest absolute Gasteiger partial charge is 0.306 e. The summed E-state index contributed by atoms with van der Waals surface area (Å²) in [6.45, 7) is 11.2. The number of hydrogen-bond donors (Lipinski definition) is 1. The summed E-state index contributed by atoms with van der Waals surface area (Å²) in [5.74, 6) is -0.433. The number of Topliss-reactive ketones (excluding diaryl/α,β-unsaturated/α-hetero) is 1. The van der Waals surface area contributed by atoms with Crippen molar-refractivity contribution in [1.29, 1.82) is 0 Å². The van der Waals surface area contributed by atoms with Crippen LogP contribution in [-0.4, -0.2) is 24.1 Å². The summed E-state index contributed by atoms with van der Waals surface area (Å²) in [7, 11) is 0. The molecule has 1 unspecified atom stereocenters. The van der Waals surface area contributed by atoms with Gasteiger partial charge in [0.05, 0.1) is 5.03 Å². The highest BCUT2D eigenvalue weighted by atomic mass is 35.5. The van der Waals surface area contributed by atoms with Crippen molar-refractivity contribution in [1.82, 2.24) is 5.43 Å². The van der Waals surface area contributed by atoms with Gasteiger partial charge in [-0.25, -0.2) is 0 Å². The first-order chi connectivity index (χ1) is 12.3. The number of unbranched alkanes of at least 4 members (excludes halogenated alkanes) is 3. The Morgan fingerprint density at radius 3 is 2.50 bits per heavy atom. The van der Waals surface area contributed by atoms with Gasteiger partial charge < -0.3 is 4.74 Å². The highest BCUT2D eigenvalue weighted by molar-refractivity contribution is 6.42. The maximum Gasteiger partial charge on any atom is 0.306 e. The van der Waals surface area contributed by atoms with Crippen molar-refractivity contribution in [2.75, 3.05) is 0 Å². The van der Waals surface area contributed by atoms with Gasteiger partial charge in [-0.1, -0.05) is 38.4 Å². The standard InChI is InChI=1S/C20H33ClN2O3/c1-6-8-11-14-22-23-15(3)12-9-10-13-18(24)20(21)16(4)17(5)26-19(25)7-2/h14,17,23H,3,6-13H2,1-2,4-5H3/b20-16+,22-14-. The fraction of sp³-hybridized carbons (Fsp3) is 0.650. The number of allylic oxidation sites excluding steroid dienone is 2. The first kappa shape index (κ1) is 24.4. The predicted octanol–water partition coefficient (Wildman–Crippen LogP) is 5.25. The van der Waals surface area contributed by atoms with E-state index in [4.69, 9.17) is 16.3 Å². The molecule has 0 amide bonds. The monoisotopic (exact) mass is 384 g/mol. The minimum absolute atomic E-state index is 0.125. The average Bonchev–Trinajstić information content (AvgIpc) is 2.63. The minimum atomic E-state index is -0.492. The molecule has 1 N–H and O–H groups in total. The zero-order chi connectivity index (χ0) is 19.9. The summed E-state index contributed by atoms with van der Waals surface area (Å²) in [4.78, 5) is 23.5. The molecule has 0 saturated carbocycles. The van der Waals surface area contributed by atoms with Crippen LogP contribution in [0.2, 0.25) is 0 Å². The molecule has 0 aliphatic rings. The molecule has 0 fully saturated rings. The number of carbonyl (C=O) groups is 2. The van der Waals surface area contributed by atoms with Crippen molar-refractivity contribution in [3.8, 4) is 0 Å². The average molecular weight is 385 g/mol. The third-order valence-corrected chi connectivity index (χ3v) is 4.44. The second-order valence-corrected chi connectivity index (χ2v) is 6.66. The Labute approximate surface area is 162 Å². The molecule has 0 aliphatic heterocycles. The molecule has 0 aliphatic carbocycles. The first-order valence-electron chi connectivity index (χ1n) is 9.37. The third kappa shape index (κ3) is 11.1. The Kier molecular flexibility index (Phi) is 13.6. The molecular weight excluding hydrogens is 352 g/mol. The summed E-state index contributed by atoms with van der Waals surface area (Å²) < 4.78 is 5.18. The number of hydrogen-bond acceptors (Lipinski definition) is 5. The fourth-order valence-corrected chi connectivity index (χ4v) is 2.30. The number of ether oxygens (including phenoxy) is 1. The molecule has 1 atom stereocenters. The summed E-state index contributed by atoms with van der Waals surface area (Å²) in [5.41, 5.74) is 4.34. The van der Waals surface area contributed by atoms with E-state index in [1.165, 1.54) is 0 Å². The number of nitrogens with one attached hydrogen (secondary N) is 1. The van der Waals surface area contributed by atoms with E-state index in [2.05, 4.69) is 24.0 Å². The van der Waals surface area contributed by atoms with E-state index in [0.29, 0.717) is 24.8 Å². The second-order valence-electron chi connectivity index (χ2n) is 6.28. The van der Waals surface area contributed by atoms with Crippen molar-refractivity contribution in [2.45, 2.75) is 85.2 Å². The number of carbonyl (C=O) groups excluding carboxylic acids is 2. The molecule has 0 radical (unpaired) electrons. The predicted molar refractivity (Wildman–Crippen MR) is 108 cm³/mol. The lowest BCUT2D eigenvalue weighted by Gasteiger charge is -2.15. The molecule has 26 heavy (non-hydrogen) atoms. The molecule has 0 aromatic heterocycles. The second kappa shape index (κ2) is 14.5. The largest absolute Gasteiger partial charge is 0.458 e. The summed E-state index contributed by atoms with van der Waals surface area (Å²) in [6, 6.07) is 0. The zero-order valence-corrected chi connectivity index (χ0v) is 17.3. The third-order valence-electron chi connectivity index (χ3n) is 3.93. The minimum Gasteiger partial charge on any atom is -0.458 e. The topological polar surface area (TPSA) is 67.8 Å². The molecule has 0 rings (SSSR count). The van der Waals surface area contributed by atoms with E-state index in [9.17, 15) is 9.59 Å². The normalized spacial score (nSPS) is 13.3. The Balaban J connectivity index is 4.16. The van der Waals surface area contributed by atoms with Crippen molar-refractivity contribution >= 4 is 29.6 Å². The van der Waals surface area contributed by atoms with Crippen LogP contribution in [0.15, 0.2) is 28.0 Å². The van der Waals surface area contributed by atoms with Gasteiger partial charge in [-0.15, -0.1) is 0 Å². The van der Waals surface area contributed by atoms with Gasteiger partial charge in [0.15, 0.2) is 5.78 Å². The van der Waals surface area contributed by atoms with Crippen LogP contribution in [0.5, 0.6) is 0 Å². The Bertz CT molecular complexity index is 527. The van der Waals surface area contributed by atoms with Gasteiger partial charge in [0, 0.05) is 24.8 Å². The SMILES string of the molecule is C=C(CCCCC(=O)/C(Cl)=C(/C)C(C)OC(=O)CC)N/N=C\CCCC. The lowest BCUT2D eigenvalue weighted by Crippen LogP contribution is -2.17. The Morgan fingerprint density at radius 2 is 1.88 bits per heavy atom. The van der Waals surface area contributed by atoms with E-state index in [0.717, 1.165) is 37.8 Å². The summed E-state index contributed by atoms with van der Waals surface area (Å²) in [5, 5.41) is 4.28. The molecule has 0 spiro atoms. The van der Waals surface area contributed by atoms with Crippen molar-refractivity contribution in [3.05, 3.63) is 22.9 Å². The van der Waals surface area contributed by atoms with Crippen LogP contribution in [0.1, 0.15) is 79.1 Å². The highest BCUT2D eigenvalue weighted by Gasteiger charge is 2.17. The van der Waals surface area contributed by atoms with Gasteiger partial charge >= 0.3 is 5.97 Å². The number of rotatable bonds is 14. The zero-order valence-electron chi connectivity index (χ0n) is 16.6. The lowest BCUT2D eigenvalue weighted by atomic mass is 10.1. The number of esters is 1. The number of nitrogens with zero attached hydrogens (tertiary/aromatic N) is 1. The Hall–Kier alpha value is -1.62. The first-order valence-corrected chi connectivity index (χ1v) is 9.75. The Morgan fingerprint density at radius 1 is 1.23 bits per heavy atom. The van der Waals surface area contributed by atoms with Crippen LogP contribution in [0.3, 0.4) is 0 Å². The molecule has 0 bridgehead atoms. The summed E-state index contributed by atoms with van der Waals surface area (Å²) in [6.07, 6.45) is 7.55. The number of halogens is 1. The van der Waals surface area contributed by atoms with Gasteiger partial charge in [-0.05, 0) is 51.5 Å². The van der Waals surface area contributed by atoms with E-state index in [1.54, 1.807) is 20.8 Å².